The van der Waals surface area contributed by atoms with Crippen molar-refractivity contribution in [1.82, 2.24) is 0 Å². The zero-order valence-electron chi connectivity index (χ0n) is 24.3. The Kier molecular flexibility index (Phi) is 15.9. The van der Waals surface area contributed by atoms with Crippen LogP contribution in [0.25, 0.3) is 0 Å². The number of ketones is 1. The van der Waals surface area contributed by atoms with Gasteiger partial charge in [-0.1, -0.05) is 77.6 Å². The maximum atomic E-state index is 13.9. The second kappa shape index (κ2) is 19.1. The van der Waals surface area contributed by atoms with Gasteiger partial charge in [0, 0.05) is 29.9 Å². The Labute approximate surface area is 241 Å². The summed E-state index contributed by atoms with van der Waals surface area (Å²) in [6.45, 7) is 3.82. The van der Waals surface area contributed by atoms with Crippen molar-refractivity contribution in [2.75, 3.05) is 17.2 Å². The number of anilines is 2. The van der Waals surface area contributed by atoms with Crippen LogP contribution < -0.4 is 10.6 Å². The fourth-order valence-corrected chi connectivity index (χ4v) is 4.69. The van der Waals surface area contributed by atoms with Crippen molar-refractivity contribution in [3.63, 3.8) is 0 Å². The number of nitrogens with one attached hydrogen (secondary N) is 2. The predicted molar refractivity (Wildman–Crippen MR) is 155 cm³/mol. The molecule has 2 atom stereocenters. The van der Waals surface area contributed by atoms with Crippen molar-refractivity contribution < 1.29 is 31.9 Å². The van der Waals surface area contributed by atoms with Crippen LogP contribution in [-0.2, 0) is 14.3 Å². The molecule has 2 aromatic rings. The fraction of sp³-hybridized carbons (Fsp3) is 0.562. The molecule has 2 aromatic carbocycles. The minimum absolute atomic E-state index is 0.0135. The van der Waals surface area contributed by atoms with Crippen molar-refractivity contribution in [2.45, 2.75) is 109 Å². The molecule has 0 aliphatic rings. The number of carbonyl (C=O) groups is 2. The van der Waals surface area contributed by atoms with E-state index in [1.807, 2.05) is 0 Å². The maximum Gasteiger partial charge on any atom is 0.331 e. The molecule has 0 aromatic heterocycles. The van der Waals surface area contributed by atoms with Crippen molar-refractivity contribution >= 4 is 23.1 Å². The lowest BCUT2D eigenvalue weighted by molar-refractivity contribution is -0.145. The van der Waals surface area contributed by atoms with Crippen LogP contribution in [0.1, 0.15) is 97.3 Å². The van der Waals surface area contributed by atoms with Gasteiger partial charge in [0.1, 0.15) is 6.04 Å². The summed E-state index contributed by atoms with van der Waals surface area (Å²) in [6, 6.07) is 3.44. The van der Waals surface area contributed by atoms with E-state index in [1.165, 1.54) is 57.1 Å². The SMILES string of the molecule is CCCCCCCCCCCCCCC(=O)C(Nc1ccc(F)c(F)c1)[C@@H](Nc1ccc(F)c(F)c1)C(=O)OCC. The molecule has 41 heavy (non-hydrogen) atoms. The molecule has 0 radical (unpaired) electrons. The Morgan fingerprint density at radius 3 is 1.51 bits per heavy atom. The van der Waals surface area contributed by atoms with Crippen LogP contribution >= 0.6 is 0 Å². The minimum atomic E-state index is -1.35. The molecule has 2 N–H and O–H groups in total. The zero-order valence-corrected chi connectivity index (χ0v) is 24.3. The molecular weight excluding hydrogens is 536 g/mol. The number of carbonyl (C=O) groups excluding carboxylic acids is 2. The van der Waals surface area contributed by atoms with E-state index in [2.05, 4.69) is 17.6 Å². The van der Waals surface area contributed by atoms with E-state index in [9.17, 15) is 27.2 Å². The summed E-state index contributed by atoms with van der Waals surface area (Å²) in [7, 11) is 0. The van der Waals surface area contributed by atoms with Crippen molar-refractivity contribution in [3.05, 3.63) is 59.7 Å². The highest BCUT2D eigenvalue weighted by Gasteiger charge is 2.35. The molecule has 0 amide bonds. The standard InChI is InChI=1S/C32H44F4N2O3/c1-3-5-6-7-8-9-10-11-12-13-14-15-16-29(39)30(37-23-17-19-25(33)27(35)21-23)31(32(40)41-4-2)38-24-18-20-26(34)28(36)22-24/h17-22,30-31,37-38H,3-16H2,1-2H3/t30?,31-/m1/s1. The van der Waals surface area contributed by atoms with Crippen molar-refractivity contribution in [1.29, 1.82) is 0 Å². The largest absolute Gasteiger partial charge is 0.464 e. The van der Waals surface area contributed by atoms with E-state index in [0.29, 0.717) is 6.42 Å². The van der Waals surface area contributed by atoms with Gasteiger partial charge in [-0.3, -0.25) is 4.79 Å². The summed E-state index contributed by atoms with van der Waals surface area (Å²) < 4.78 is 60.0. The Morgan fingerprint density at radius 2 is 1.07 bits per heavy atom. The highest BCUT2D eigenvalue weighted by molar-refractivity contribution is 5.95. The van der Waals surface area contributed by atoms with Gasteiger partial charge in [-0.25, -0.2) is 22.4 Å². The first-order valence-electron chi connectivity index (χ1n) is 14.9. The molecule has 1 unspecified atom stereocenters. The summed E-state index contributed by atoms with van der Waals surface area (Å²) in [4.78, 5) is 26.4. The normalized spacial score (nSPS) is 12.5. The molecule has 0 aliphatic heterocycles. The molecule has 5 nitrogen and oxygen atoms in total. The second-order valence-electron chi connectivity index (χ2n) is 10.4. The van der Waals surface area contributed by atoms with Crippen LogP contribution in [0.15, 0.2) is 36.4 Å². The predicted octanol–water partition coefficient (Wildman–Crippen LogP) is 8.73. The molecule has 0 saturated heterocycles. The molecule has 0 fully saturated rings. The molecule has 0 saturated carbocycles. The Morgan fingerprint density at radius 1 is 0.634 bits per heavy atom. The van der Waals surface area contributed by atoms with Gasteiger partial charge < -0.3 is 15.4 Å². The van der Waals surface area contributed by atoms with E-state index >= 15 is 0 Å². The monoisotopic (exact) mass is 580 g/mol. The number of esters is 1. The first-order chi connectivity index (χ1) is 19.8. The quantitative estimate of drug-likeness (QED) is 0.0878. The molecule has 0 bridgehead atoms. The molecule has 0 spiro atoms. The second-order valence-corrected chi connectivity index (χ2v) is 10.4. The summed E-state index contributed by atoms with van der Waals surface area (Å²) in [5.74, 6) is -5.54. The third kappa shape index (κ3) is 12.5. The highest BCUT2D eigenvalue weighted by Crippen LogP contribution is 2.21. The van der Waals surface area contributed by atoms with Gasteiger partial charge in [-0.2, -0.15) is 0 Å². The van der Waals surface area contributed by atoms with E-state index in [0.717, 1.165) is 49.9 Å². The highest BCUT2D eigenvalue weighted by atomic mass is 19.2. The van der Waals surface area contributed by atoms with Gasteiger partial charge in [0.2, 0.25) is 0 Å². The van der Waals surface area contributed by atoms with E-state index in [1.54, 1.807) is 6.92 Å². The third-order valence-corrected chi connectivity index (χ3v) is 6.98. The molecule has 9 heteroatoms. The smallest absolute Gasteiger partial charge is 0.331 e. The number of unbranched alkanes of at least 4 members (excludes halogenated alkanes) is 11. The van der Waals surface area contributed by atoms with Crippen molar-refractivity contribution in [2.24, 2.45) is 0 Å². The molecule has 0 heterocycles. The Balaban J connectivity index is 2.03. The van der Waals surface area contributed by atoms with Gasteiger partial charge in [0.05, 0.1) is 6.61 Å². The first-order valence-corrected chi connectivity index (χ1v) is 14.9. The van der Waals surface area contributed by atoms with Crippen LogP contribution in [0, 0.1) is 23.3 Å². The fourth-order valence-electron chi connectivity index (χ4n) is 4.69. The number of benzene rings is 2. The zero-order chi connectivity index (χ0) is 30.0. The Bertz CT molecular complexity index is 1080. The summed E-state index contributed by atoms with van der Waals surface area (Å²) in [6.07, 6.45) is 13.7. The van der Waals surface area contributed by atoms with Gasteiger partial charge in [-0.05, 0) is 37.6 Å². The van der Waals surface area contributed by atoms with Gasteiger partial charge in [0.25, 0.3) is 0 Å². The van der Waals surface area contributed by atoms with Gasteiger partial charge in [0.15, 0.2) is 35.1 Å². The number of hydrogen-bond donors (Lipinski definition) is 2. The first kappa shape index (κ1) is 34.1. The molecule has 228 valence electrons. The number of hydrogen-bond acceptors (Lipinski definition) is 5. The maximum absolute atomic E-state index is 13.9. The van der Waals surface area contributed by atoms with E-state index in [4.69, 9.17) is 4.74 Å². The summed E-state index contributed by atoms with van der Waals surface area (Å²) >= 11 is 0. The van der Waals surface area contributed by atoms with Crippen LogP contribution in [-0.4, -0.2) is 30.4 Å². The lowest BCUT2D eigenvalue weighted by atomic mass is 9.97. The van der Waals surface area contributed by atoms with Crippen LogP contribution in [0.3, 0.4) is 0 Å². The van der Waals surface area contributed by atoms with Crippen LogP contribution in [0.2, 0.25) is 0 Å². The number of halogens is 4. The summed E-state index contributed by atoms with van der Waals surface area (Å²) in [5.41, 5.74) is 0.135. The minimum Gasteiger partial charge on any atom is -0.464 e. The average Bonchev–Trinajstić information content (AvgIpc) is 2.95. The van der Waals surface area contributed by atoms with Crippen molar-refractivity contribution in [3.8, 4) is 0 Å². The summed E-state index contributed by atoms with van der Waals surface area (Å²) in [5, 5.41) is 5.61. The lowest BCUT2D eigenvalue weighted by Gasteiger charge is -2.28. The number of ether oxygens (including phenoxy) is 1. The number of rotatable bonds is 21. The lowest BCUT2D eigenvalue weighted by Crippen LogP contribution is -2.50. The third-order valence-electron chi connectivity index (χ3n) is 6.98. The molecule has 0 aliphatic carbocycles. The van der Waals surface area contributed by atoms with E-state index < -0.39 is 41.3 Å². The Hall–Kier alpha value is -3.10. The number of Topliss-reactive ketones (excluding diaryl/α,β-unsaturated/α-hetero) is 1. The van der Waals surface area contributed by atoms with Gasteiger partial charge >= 0.3 is 5.97 Å². The van der Waals surface area contributed by atoms with Crippen LogP contribution in [0.4, 0.5) is 28.9 Å². The topological polar surface area (TPSA) is 67.4 Å². The van der Waals surface area contributed by atoms with Crippen LogP contribution in [0.5, 0.6) is 0 Å². The molecular formula is C32H44F4N2O3. The molecule has 2 rings (SSSR count). The van der Waals surface area contributed by atoms with Gasteiger partial charge in [-0.15, -0.1) is 0 Å². The average molecular weight is 581 g/mol. The van der Waals surface area contributed by atoms with E-state index in [-0.39, 0.29) is 30.2 Å².